The predicted octanol–water partition coefficient (Wildman–Crippen LogP) is 0.769. The number of likely N-dealkylation sites (N-methyl/N-ethyl adjacent to an activating group) is 1. The third-order valence-electron chi connectivity index (χ3n) is 3.72. The number of nitrogens with one attached hydrogen (secondary N) is 3. The zero-order valence-electron chi connectivity index (χ0n) is 11.9. The van der Waals surface area contributed by atoms with Gasteiger partial charge in [0.2, 0.25) is 11.8 Å². The molecule has 108 valence electrons. The lowest BCUT2D eigenvalue weighted by molar-refractivity contribution is -0.120. The minimum Gasteiger partial charge on any atom is -0.359 e. The van der Waals surface area contributed by atoms with Crippen molar-refractivity contribution < 1.29 is 9.59 Å². The largest absolute Gasteiger partial charge is 0.359 e. The van der Waals surface area contributed by atoms with Gasteiger partial charge in [0.25, 0.3) is 0 Å². The molecule has 3 N–H and O–H groups in total. The Balaban J connectivity index is 1.93. The lowest BCUT2D eigenvalue weighted by Crippen LogP contribution is -2.27. The summed E-state index contributed by atoms with van der Waals surface area (Å²) in [5.41, 5.74) is 1.70. The van der Waals surface area contributed by atoms with Gasteiger partial charge in [0, 0.05) is 19.3 Å². The number of hydrogen-bond donors (Lipinski definition) is 3. The van der Waals surface area contributed by atoms with E-state index in [9.17, 15) is 9.59 Å². The molecule has 1 aromatic carbocycles. The normalized spacial score (nSPS) is 21.5. The van der Waals surface area contributed by atoms with Gasteiger partial charge in [-0.25, -0.2) is 0 Å². The molecule has 5 heteroatoms. The standard InChI is InChI=1S/C15H21N3O2/c1-10-8-17-9-13(10)15(20)18-12-5-3-11(4-6-12)7-14(19)16-2/h3-6,10,13,17H,7-9H2,1-2H3,(H,16,19)(H,18,20). The molecule has 1 fully saturated rings. The number of anilines is 1. The Morgan fingerprint density at radius 2 is 1.95 bits per heavy atom. The third kappa shape index (κ3) is 3.57. The molecular weight excluding hydrogens is 254 g/mol. The molecule has 0 spiro atoms. The van der Waals surface area contributed by atoms with Crippen LogP contribution in [0.15, 0.2) is 24.3 Å². The zero-order valence-corrected chi connectivity index (χ0v) is 11.9. The van der Waals surface area contributed by atoms with Crippen LogP contribution in [0.2, 0.25) is 0 Å². The molecule has 2 amide bonds. The fraction of sp³-hybridized carbons (Fsp3) is 0.467. The summed E-state index contributed by atoms with van der Waals surface area (Å²) in [6.45, 7) is 3.71. The number of hydrogen-bond acceptors (Lipinski definition) is 3. The van der Waals surface area contributed by atoms with Gasteiger partial charge >= 0.3 is 0 Å². The average Bonchev–Trinajstić information content (AvgIpc) is 2.87. The van der Waals surface area contributed by atoms with Gasteiger partial charge in [0.15, 0.2) is 0 Å². The Kier molecular flexibility index (Phi) is 4.74. The van der Waals surface area contributed by atoms with E-state index in [-0.39, 0.29) is 17.7 Å². The van der Waals surface area contributed by atoms with Crippen molar-refractivity contribution in [2.75, 3.05) is 25.5 Å². The van der Waals surface area contributed by atoms with Gasteiger partial charge in [-0.05, 0) is 30.2 Å². The molecule has 2 rings (SSSR count). The quantitative estimate of drug-likeness (QED) is 0.760. The second-order valence-corrected chi connectivity index (χ2v) is 5.28. The summed E-state index contributed by atoms with van der Waals surface area (Å²) in [7, 11) is 1.62. The van der Waals surface area contributed by atoms with Crippen LogP contribution in [0.25, 0.3) is 0 Å². The van der Waals surface area contributed by atoms with Crippen LogP contribution in [0.5, 0.6) is 0 Å². The minimum absolute atomic E-state index is 0.0207. The molecule has 0 aromatic heterocycles. The van der Waals surface area contributed by atoms with Crippen molar-refractivity contribution >= 4 is 17.5 Å². The fourth-order valence-corrected chi connectivity index (χ4v) is 2.38. The first kappa shape index (κ1) is 14.5. The van der Waals surface area contributed by atoms with E-state index in [1.54, 1.807) is 7.05 Å². The monoisotopic (exact) mass is 275 g/mol. The van der Waals surface area contributed by atoms with E-state index < -0.39 is 0 Å². The van der Waals surface area contributed by atoms with E-state index in [1.807, 2.05) is 24.3 Å². The molecule has 0 bridgehead atoms. The maximum absolute atomic E-state index is 12.1. The molecule has 0 radical (unpaired) electrons. The van der Waals surface area contributed by atoms with Crippen LogP contribution in [0.4, 0.5) is 5.69 Å². The highest BCUT2D eigenvalue weighted by Gasteiger charge is 2.29. The molecule has 1 saturated heterocycles. The van der Waals surface area contributed by atoms with Crippen molar-refractivity contribution in [2.45, 2.75) is 13.3 Å². The van der Waals surface area contributed by atoms with E-state index >= 15 is 0 Å². The van der Waals surface area contributed by atoms with Crippen LogP contribution in [0.3, 0.4) is 0 Å². The lowest BCUT2D eigenvalue weighted by Gasteiger charge is -2.14. The Morgan fingerprint density at radius 3 is 2.50 bits per heavy atom. The highest BCUT2D eigenvalue weighted by Crippen LogP contribution is 2.18. The molecule has 20 heavy (non-hydrogen) atoms. The van der Waals surface area contributed by atoms with E-state index in [0.29, 0.717) is 12.3 Å². The number of benzene rings is 1. The summed E-state index contributed by atoms with van der Waals surface area (Å²) < 4.78 is 0. The summed E-state index contributed by atoms with van der Waals surface area (Å²) in [5.74, 6) is 0.428. The van der Waals surface area contributed by atoms with Crippen molar-refractivity contribution in [3.63, 3.8) is 0 Å². The fourth-order valence-electron chi connectivity index (χ4n) is 2.38. The molecule has 1 aromatic rings. The maximum Gasteiger partial charge on any atom is 0.229 e. The number of amides is 2. The summed E-state index contributed by atoms with van der Waals surface area (Å²) >= 11 is 0. The summed E-state index contributed by atoms with van der Waals surface area (Å²) in [6.07, 6.45) is 0.355. The Hall–Kier alpha value is -1.88. The maximum atomic E-state index is 12.1. The van der Waals surface area contributed by atoms with Crippen LogP contribution < -0.4 is 16.0 Å². The van der Waals surface area contributed by atoms with Gasteiger partial charge in [0.05, 0.1) is 12.3 Å². The average molecular weight is 275 g/mol. The Labute approximate surface area is 119 Å². The highest BCUT2D eigenvalue weighted by molar-refractivity contribution is 5.93. The van der Waals surface area contributed by atoms with E-state index in [0.717, 1.165) is 24.3 Å². The second kappa shape index (κ2) is 6.52. The number of carbonyl (C=O) groups excluding carboxylic acids is 2. The summed E-state index contributed by atoms with van der Waals surface area (Å²) in [5, 5.41) is 8.74. The number of carbonyl (C=O) groups is 2. The van der Waals surface area contributed by atoms with E-state index in [4.69, 9.17) is 0 Å². The van der Waals surface area contributed by atoms with Crippen molar-refractivity contribution in [2.24, 2.45) is 11.8 Å². The van der Waals surface area contributed by atoms with Crippen molar-refractivity contribution in [3.05, 3.63) is 29.8 Å². The zero-order chi connectivity index (χ0) is 14.5. The molecule has 1 aliphatic heterocycles. The Morgan fingerprint density at radius 1 is 1.25 bits per heavy atom. The molecule has 2 unspecified atom stereocenters. The van der Waals surface area contributed by atoms with E-state index in [1.165, 1.54) is 0 Å². The molecular formula is C15H21N3O2. The molecule has 0 aliphatic carbocycles. The third-order valence-corrected chi connectivity index (χ3v) is 3.72. The molecule has 0 saturated carbocycles. The van der Waals surface area contributed by atoms with Gasteiger partial charge in [0.1, 0.15) is 0 Å². The Bertz CT molecular complexity index is 484. The molecule has 1 aliphatic rings. The summed E-state index contributed by atoms with van der Waals surface area (Å²) in [4.78, 5) is 23.4. The van der Waals surface area contributed by atoms with Crippen molar-refractivity contribution in [3.8, 4) is 0 Å². The molecule has 2 atom stereocenters. The van der Waals surface area contributed by atoms with Crippen LogP contribution in [-0.4, -0.2) is 32.0 Å². The molecule has 1 heterocycles. The van der Waals surface area contributed by atoms with Crippen LogP contribution in [0.1, 0.15) is 12.5 Å². The SMILES string of the molecule is CNC(=O)Cc1ccc(NC(=O)C2CNCC2C)cc1. The molecule has 5 nitrogen and oxygen atoms in total. The smallest absolute Gasteiger partial charge is 0.229 e. The number of rotatable bonds is 4. The highest BCUT2D eigenvalue weighted by atomic mass is 16.2. The van der Waals surface area contributed by atoms with Crippen LogP contribution in [0, 0.1) is 11.8 Å². The van der Waals surface area contributed by atoms with Crippen LogP contribution >= 0.6 is 0 Å². The van der Waals surface area contributed by atoms with Crippen molar-refractivity contribution in [1.29, 1.82) is 0 Å². The summed E-state index contributed by atoms with van der Waals surface area (Å²) in [6, 6.07) is 7.40. The first-order valence-electron chi connectivity index (χ1n) is 6.91. The van der Waals surface area contributed by atoms with E-state index in [2.05, 4.69) is 22.9 Å². The lowest BCUT2D eigenvalue weighted by atomic mass is 9.97. The second-order valence-electron chi connectivity index (χ2n) is 5.28. The van der Waals surface area contributed by atoms with Gasteiger partial charge in [-0.15, -0.1) is 0 Å². The van der Waals surface area contributed by atoms with Gasteiger partial charge in [-0.2, -0.15) is 0 Å². The van der Waals surface area contributed by atoms with Crippen molar-refractivity contribution in [1.82, 2.24) is 10.6 Å². The van der Waals surface area contributed by atoms with Gasteiger partial charge in [-0.3, -0.25) is 9.59 Å². The first-order valence-corrected chi connectivity index (χ1v) is 6.91. The van der Waals surface area contributed by atoms with Crippen LogP contribution in [-0.2, 0) is 16.0 Å². The minimum atomic E-state index is -0.0207. The predicted molar refractivity (Wildman–Crippen MR) is 78.4 cm³/mol. The van der Waals surface area contributed by atoms with Gasteiger partial charge < -0.3 is 16.0 Å². The topological polar surface area (TPSA) is 70.2 Å². The van der Waals surface area contributed by atoms with Gasteiger partial charge in [-0.1, -0.05) is 19.1 Å². The first-order chi connectivity index (χ1) is 9.60.